The predicted molar refractivity (Wildman–Crippen MR) is 94.6 cm³/mol. The Labute approximate surface area is 155 Å². The van der Waals surface area contributed by atoms with Crippen LogP contribution in [0.15, 0.2) is 18.2 Å². The van der Waals surface area contributed by atoms with Crippen LogP contribution in [0.1, 0.15) is 23.3 Å². The van der Waals surface area contributed by atoms with E-state index in [1.165, 1.54) is 4.80 Å². The van der Waals surface area contributed by atoms with E-state index in [9.17, 15) is 4.79 Å². The van der Waals surface area contributed by atoms with Crippen molar-refractivity contribution in [3.63, 3.8) is 0 Å². The predicted octanol–water partition coefficient (Wildman–Crippen LogP) is 0.512. The number of imidazole rings is 1. The lowest BCUT2D eigenvalue weighted by Gasteiger charge is -2.31. The molecule has 0 aliphatic carbocycles. The van der Waals surface area contributed by atoms with Crippen molar-refractivity contribution in [1.82, 2.24) is 35.1 Å². The van der Waals surface area contributed by atoms with Gasteiger partial charge in [-0.15, -0.1) is 10.2 Å². The van der Waals surface area contributed by atoms with Crippen molar-refractivity contribution in [3.05, 3.63) is 35.4 Å². The van der Waals surface area contributed by atoms with Gasteiger partial charge >= 0.3 is 0 Å². The number of rotatable bonds is 5. The first kappa shape index (κ1) is 17.6. The number of carbonyl (C=O) groups excluding carboxylic acids is 1. The fraction of sp³-hybridized carbons (Fsp3) is 0.471. The van der Waals surface area contributed by atoms with Crippen molar-refractivity contribution in [2.45, 2.75) is 19.6 Å². The average molecular weight is 371 g/mol. The Morgan fingerprint density at radius 3 is 3.11 bits per heavy atom. The summed E-state index contributed by atoms with van der Waals surface area (Å²) in [5.74, 6) is 1.09. The number of hydrogen-bond acceptors (Lipinski definition) is 7. The van der Waals surface area contributed by atoms with E-state index in [0.29, 0.717) is 31.3 Å². The highest BCUT2D eigenvalue weighted by atomic mass is 16.5. The zero-order valence-corrected chi connectivity index (χ0v) is 15.3. The number of morpholine rings is 1. The third-order valence-electron chi connectivity index (χ3n) is 4.46. The number of aromatic amines is 1. The molecule has 2 aromatic heterocycles. The summed E-state index contributed by atoms with van der Waals surface area (Å²) >= 11 is 0. The Morgan fingerprint density at radius 1 is 1.44 bits per heavy atom. The number of H-pyrrole nitrogens is 1. The molecule has 1 amide bonds. The second-order valence-corrected chi connectivity index (χ2v) is 6.48. The van der Waals surface area contributed by atoms with Crippen LogP contribution >= 0.6 is 0 Å². The Kier molecular flexibility index (Phi) is 4.82. The van der Waals surface area contributed by atoms with Crippen LogP contribution in [-0.2, 0) is 27.9 Å². The van der Waals surface area contributed by atoms with E-state index in [1.54, 1.807) is 11.9 Å². The fourth-order valence-electron chi connectivity index (χ4n) is 3.08. The van der Waals surface area contributed by atoms with Gasteiger partial charge in [0, 0.05) is 6.54 Å². The number of fused-ring (bicyclic) bond motifs is 1. The minimum absolute atomic E-state index is 0.0172. The van der Waals surface area contributed by atoms with Crippen molar-refractivity contribution < 1.29 is 14.3 Å². The zero-order valence-electron chi connectivity index (χ0n) is 15.3. The van der Waals surface area contributed by atoms with Crippen molar-refractivity contribution in [1.29, 1.82) is 0 Å². The summed E-state index contributed by atoms with van der Waals surface area (Å²) in [6.07, 6.45) is -0.366. The van der Waals surface area contributed by atoms with E-state index >= 15 is 0 Å². The molecule has 1 aliphatic heterocycles. The van der Waals surface area contributed by atoms with Crippen LogP contribution in [-0.4, -0.2) is 67.3 Å². The normalized spacial score (nSPS) is 17.6. The van der Waals surface area contributed by atoms with E-state index in [0.717, 1.165) is 16.6 Å². The number of aromatic nitrogens is 6. The smallest absolute Gasteiger partial charge is 0.248 e. The molecule has 1 N–H and O–H groups in total. The second-order valence-electron chi connectivity index (χ2n) is 6.48. The summed E-state index contributed by atoms with van der Waals surface area (Å²) in [5, 5.41) is 11.9. The number of nitrogens with one attached hydrogen (secondary N) is 1. The number of para-hydroxylation sites is 1. The van der Waals surface area contributed by atoms with E-state index in [-0.39, 0.29) is 25.2 Å². The van der Waals surface area contributed by atoms with Gasteiger partial charge in [0.2, 0.25) is 11.7 Å². The van der Waals surface area contributed by atoms with E-state index in [1.807, 2.05) is 25.1 Å². The molecule has 1 aromatic carbocycles. The topological polar surface area (TPSA) is 111 Å². The van der Waals surface area contributed by atoms with Crippen LogP contribution in [0.2, 0.25) is 0 Å². The quantitative estimate of drug-likeness (QED) is 0.696. The molecule has 3 heterocycles. The third kappa shape index (κ3) is 3.81. The average Bonchev–Trinajstić information content (AvgIpc) is 3.29. The molecular formula is C17H21N7O3. The molecule has 27 heavy (non-hydrogen) atoms. The minimum atomic E-state index is -0.366. The van der Waals surface area contributed by atoms with Gasteiger partial charge in [-0.2, -0.15) is 4.80 Å². The Bertz CT molecular complexity index is 951. The zero-order chi connectivity index (χ0) is 18.8. The molecule has 1 atom stereocenters. The molecular weight excluding hydrogens is 350 g/mol. The fourth-order valence-corrected chi connectivity index (χ4v) is 3.08. The number of hydrogen-bond donors (Lipinski definition) is 1. The van der Waals surface area contributed by atoms with Gasteiger partial charge in [-0.3, -0.25) is 4.79 Å². The van der Waals surface area contributed by atoms with Gasteiger partial charge in [0.1, 0.15) is 25.1 Å². The monoisotopic (exact) mass is 371 g/mol. The van der Waals surface area contributed by atoms with E-state index in [2.05, 4.69) is 25.4 Å². The maximum absolute atomic E-state index is 12.4. The maximum Gasteiger partial charge on any atom is 0.248 e. The highest BCUT2D eigenvalue weighted by molar-refractivity contribution is 5.78. The number of aryl methyl sites for hydroxylation is 2. The molecule has 10 heteroatoms. The maximum atomic E-state index is 12.4. The lowest BCUT2D eigenvalue weighted by atomic mass is 10.2. The Morgan fingerprint density at radius 2 is 2.33 bits per heavy atom. The first-order chi connectivity index (χ1) is 13.1. The molecule has 1 fully saturated rings. The number of benzene rings is 1. The lowest BCUT2D eigenvalue weighted by Crippen LogP contribution is -2.44. The summed E-state index contributed by atoms with van der Waals surface area (Å²) in [6.45, 7) is 3.58. The summed E-state index contributed by atoms with van der Waals surface area (Å²) in [6, 6.07) is 5.96. The molecule has 0 bridgehead atoms. The lowest BCUT2D eigenvalue weighted by molar-refractivity contribution is -0.144. The van der Waals surface area contributed by atoms with Gasteiger partial charge in [0.05, 0.1) is 31.2 Å². The number of ether oxygens (including phenoxy) is 2. The molecule has 0 spiro atoms. The first-order valence-electron chi connectivity index (χ1n) is 8.75. The van der Waals surface area contributed by atoms with Gasteiger partial charge in [-0.25, -0.2) is 4.98 Å². The van der Waals surface area contributed by atoms with Crippen LogP contribution < -0.4 is 0 Å². The molecule has 4 rings (SSSR count). The van der Waals surface area contributed by atoms with Crippen molar-refractivity contribution in [2.24, 2.45) is 7.05 Å². The Hall–Kier alpha value is -2.85. The van der Waals surface area contributed by atoms with Gasteiger partial charge < -0.3 is 19.4 Å². The highest BCUT2D eigenvalue weighted by Gasteiger charge is 2.28. The number of tetrazole rings is 1. The number of amides is 1. The molecule has 3 aromatic rings. The highest BCUT2D eigenvalue weighted by Crippen LogP contribution is 2.19. The van der Waals surface area contributed by atoms with E-state index in [4.69, 9.17) is 9.47 Å². The van der Waals surface area contributed by atoms with Crippen LogP contribution in [0, 0.1) is 6.92 Å². The van der Waals surface area contributed by atoms with Gasteiger partial charge in [0.25, 0.3) is 0 Å². The SMILES string of the molecule is Cc1cccc2[nH]c(COCC(=O)N3CCOC(c4nnn(C)n4)C3)nc12. The number of nitrogens with zero attached hydrogens (tertiary/aromatic N) is 6. The second kappa shape index (κ2) is 7.41. The van der Waals surface area contributed by atoms with Crippen LogP contribution in [0.4, 0.5) is 0 Å². The summed E-state index contributed by atoms with van der Waals surface area (Å²) in [7, 11) is 1.69. The third-order valence-corrected chi connectivity index (χ3v) is 4.46. The standard InChI is InChI=1S/C17H21N7O3/c1-11-4-3-5-12-16(11)19-14(18-12)9-26-10-15(25)24-6-7-27-13(8-24)17-20-22-23(2)21-17/h3-5,13H,6-10H2,1-2H3,(H,18,19). The largest absolute Gasteiger partial charge is 0.366 e. The minimum Gasteiger partial charge on any atom is -0.366 e. The molecule has 1 saturated heterocycles. The summed E-state index contributed by atoms with van der Waals surface area (Å²) in [4.78, 5) is 23.3. The van der Waals surface area contributed by atoms with Gasteiger partial charge in [-0.1, -0.05) is 12.1 Å². The van der Waals surface area contributed by atoms with Crippen molar-refractivity contribution >= 4 is 16.9 Å². The molecule has 1 aliphatic rings. The van der Waals surface area contributed by atoms with Gasteiger partial charge in [0.15, 0.2) is 0 Å². The van der Waals surface area contributed by atoms with Crippen molar-refractivity contribution in [2.75, 3.05) is 26.3 Å². The number of carbonyl (C=O) groups is 1. The molecule has 0 saturated carbocycles. The Balaban J connectivity index is 1.31. The molecule has 1 unspecified atom stereocenters. The van der Waals surface area contributed by atoms with E-state index < -0.39 is 0 Å². The summed E-state index contributed by atoms with van der Waals surface area (Å²) in [5.41, 5.74) is 2.99. The first-order valence-corrected chi connectivity index (χ1v) is 8.75. The van der Waals surface area contributed by atoms with Gasteiger partial charge in [-0.05, 0) is 23.8 Å². The van der Waals surface area contributed by atoms with Crippen molar-refractivity contribution in [3.8, 4) is 0 Å². The molecule has 0 radical (unpaired) electrons. The van der Waals surface area contributed by atoms with Crippen LogP contribution in [0.25, 0.3) is 11.0 Å². The molecule has 10 nitrogen and oxygen atoms in total. The molecule has 142 valence electrons. The van der Waals surface area contributed by atoms with Crippen LogP contribution in [0.3, 0.4) is 0 Å². The summed E-state index contributed by atoms with van der Waals surface area (Å²) < 4.78 is 11.2. The van der Waals surface area contributed by atoms with Crippen LogP contribution in [0.5, 0.6) is 0 Å².